The van der Waals surface area contributed by atoms with Crippen LogP contribution >= 0.6 is 0 Å². The van der Waals surface area contributed by atoms with Crippen LogP contribution in [-0.4, -0.2) is 48.5 Å². The average molecular weight is 268 g/mol. The number of oxime groups is 1. The molecule has 1 aliphatic carbocycles. The Morgan fingerprint density at radius 1 is 1.47 bits per heavy atom. The van der Waals surface area contributed by atoms with Crippen LogP contribution in [0.4, 0.5) is 0 Å². The highest BCUT2D eigenvalue weighted by atomic mass is 16.4. The minimum atomic E-state index is -0.721. The van der Waals surface area contributed by atoms with Crippen molar-refractivity contribution in [1.29, 1.82) is 0 Å². The van der Waals surface area contributed by atoms with Crippen LogP contribution in [-0.2, 0) is 4.79 Å². The molecule has 2 rings (SSSR count). The van der Waals surface area contributed by atoms with E-state index in [9.17, 15) is 4.79 Å². The fourth-order valence-electron chi connectivity index (χ4n) is 2.73. The number of hydrogen-bond acceptors (Lipinski definition) is 4. The average Bonchev–Trinajstić information content (AvgIpc) is 3.21. The number of piperidine rings is 1. The first-order valence-corrected chi connectivity index (χ1v) is 7.03. The number of likely N-dealkylation sites (tertiary alicyclic amines) is 1. The van der Waals surface area contributed by atoms with Gasteiger partial charge in [-0.15, -0.1) is 0 Å². The molecule has 0 atom stereocenters. The minimum Gasteiger partial charge on any atom is -0.409 e. The fourth-order valence-corrected chi connectivity index (χ4v) is 2.73. The van der Waals surface area contributed by atoms with E-state index in [-0.39, 0.29) is 11.7 Å². The minimum absolute atomic E-state index is 0.0456. The van der Waals surface area contributed by atoms with Crippen molar-refractivity contribution in [3.8, 4) is 0 Å². The predicted octanol–water partition coefficient (Wildman–Crippen LogP) is 0.361. The number of carbonyl (C=O) groups excluding carboxylic acids is 1. The lowest BCUT2D eigenvalue weighted by Gasteiger charge is -2.29. The second kappa shape index (κ2) is 5.77. The van der Waals surface area contributed by atoms with Crippen LogP contribution in [0.2, 0.25) is 0 Å². The Balaban J connectivity index is 1.70. The van der Waals surface area contributed by atoms with Crippen LogP contribution in [0, 0.1) is 11.3 Å². The largest absolute Gasteiger partial charge is 0.409 e. The van der Waals surface area contributed by atoms with Gasteiger partial charge in [-0.2, -0.15) is 0 Å². The molecule has 4 N–H and O–H groups in total. The van der Waals surface area contributed by atoms with Crippen LogP contribution in [0.3, 0.4) is 0 Å². The third kappa shape index (κ3) is 3.18. The molecule has 0 aromatic carbocycles. The number of amides is 1. The number of hydrogen-bond donors (Lipinski definition) is 3. The summed E-state index contributed by atoms with van der Waals surface area (Å²) in [6.07, 6.45) is 4.80. The van der Waals surface area contributed by atoms with Crippen molar-refractivity contribution in [2.24, 2.45) is 22.2 Å². The quantitative estimate of drug-likeness (QED) is 0.291. The van der Waals surface area contributed by atoms with Crippen LogP contribution < -0.4 is 11.1 Å². The Hall–Kier alpha value is -1.30. The summed E-state index contributed by atoms with van der Waals surface area (Å²) in [5.41, 5.74) is 4.86. The summed E-state index contributed by atoms with van der Waals surface area (Å²) < 4.78 is 0. The number of amidine groups is 1. The van der Waals surface area contributed by atoms with Gasteiger partial charge in [0.2, 0.25) is 5.91 Å². The molecule has 6 nitrogen and oxygen atoms in total. The highest BCUT2D eigenvalue weighted by molar-refractivity contribution is 6.09. The maximum Gasteiger partial charge on any atom is 0.233 e. The normalized spacial score (nSPS) is 24.2. The summed E-state index contributed by atoms with van der Waals surface area (Å²) in [6.45, 7) is 2.98. The van der Waals surface area contributed by atoms with Crippen LogP contribution in [0.25, 0.3) is 0 Å². The predicted molar refractivity (Wildman–Crippen MR) is 72.9 cm³/mol. The zero-order valence-corrected chi connectivity index (χ0v) is 11.6. The molecule has 108 valence electrons. The van der Waals surface area contributed by atoms with Crippen LogP contribution in [0.5, 0.6) is 0 Å². The van der Waals surface area contributed by atoms with Crippen LogP contribution in [0.1, 0.15) is 32.1 Å². The molecule has 1 heterocycles. The molecular weight excluding hydrogens is 244 g/mol. The Morgan fingerprint density at radius 2 is 2.11 bits per heavy atom. The van der Waals surface area contributed by atoms with E-state index in [1.807, 2.05) is 0 Å². The Morgan fingerprint density at radius 3 is 2.63 bits per heavy atom. The maximum absolute atomic E-state index is 12.0. The maximum atomic E-state index is 12.0. The van der Waals surface area contributed by atoms with E-state index < -0.39 is 5.41 Å². The molecular formula is C13H24N4O2. The van der Waals surface area contributed by atoms with E-state index in [4.69, 9.17) is 10.9 Å². The number of nitrogens with zero attached hydrogens (tertiary/aromatic N) is 2. The summed E-state index contributed by atoms with van der Waals surface area (Å²) in [7, 11) is 2.14. The van der Waals surface area contributed by atoms with Crippen molar-refractivity contribution < 1.29 is 10.0 Å². The molecule has 0 bridgehead atoms. The molecule has 2 fully saturated rings. The third-order valence-corrected chi connectivity index (χ3v) is 4.46. The van der Waals surface area contributed by atoms with E-state index in [1.54, 1.807) is 0 Å². The van der Waals surface area contributed by atoms with E-state index in [1.165, 1.54) is 12.8 Å². The first kappa shape index (κ1) is 14.1. The lowest BCUT2D eigenvalue weighted by molar-refractivity contribution is -0.124. The van der Waals surface area contributed by atoms with Crippen LogP contribution in [0.15, 0.2) is 5.16 Å². The van der Waals surface area contributed by atoms with Gasteiger partial charge in [0.15, 0.2) is 5.84 Å². The van der Waals surface area contributed by atoms with Crippen molar-refractivity contribution in [1.82, 2.24) is 10.2 Å². The van der Waals surface area contributed by atoms with Gasteiger partial charge < -0.3 is 21.2 Å². The summed E-state index contributed by atoms with van der Waals surface area (Å²) >= 11 is 0. The molecule has 19 heavy (non-hydrogen) atoms. The number of nitrogens with two attached hydrogens (primary N) is 1. The summed E-state index contributed by atoms with van der Waals surface area (Å²) in [4.78, 5) is 14.4. The van der Waals surface area contributed by atoms with E-state index >= 15 is 0 Å². The van der Waals surface area contributed by atoms with Crippen molar-refractivity contribution >= 4 is 11.7 Å². The van der Waals surface area contributed by atoms with E-state index in [0.29, 0.717) is 25.3 Å². The Labute approximate surface area is 114 Å². The van der Waals surface area contributed by atoms with Gasteiger partial charge in [-0.05, 0) is 58.2 Å². The Kier molecular flexibility index (Phi) is 4.29. The lowest BCUT2D eigenvalue weighted by atomic mass is 9.94. The summed E-state index contributed by atoms with van der Waals surface area (Å²) in [5.74, 6) is 0.663. The van der Waals surface area contributed by atoms with Gasteiger partial charge in [-0.25, -0.2) is 0 Å². The number of rotatable bonds is 5. The molecule has 0 unspecified atom stereocenters. The van der Waals surface area contributed by atoms with E-state index in [2.05, 4.69) is 22.4 Å². The highest BCUT2D eigenvalue weighted by Crippen LogP contribution is 2.46. The zero-order chi connectivity index (χ0) is 13.9. The molecule has 0 aromatic heterocycles. The monoisotopic (exact) mass is 268 g/mol. The molecule has 6 heteroatoms. The molecule has 2 aliphatic rings. The molecule has 1 saturated carbocycles. The molecule has 1 saturated heterocycles. The SMILES string of the molecule is CN1CCC(CCNC(=O)C2(C(N)=NO)CC2)CC1. The van der Waals surface area contributed by atoms with Gasteiger partial charge in [0.05, 0.1) is 0 Å². The molecule has 0 radical (unpaired) electrons. The second-order valence-corrected chi connectivity index (χ2v) is 5.86. The molecule has 0 spiro atoms. The van der Waals surface area contributed by atoms with Gasteiger partial charge in [-0.3, -0.25) is 4.79 Å². The summed E-state index contributed by atoms with van der Waals surface area (Å²) in [5, 5.41) is 14.6. The second-order valence-electron chi connectivity index (χ2n) is 5.86. The molecule has 1 aliphatic heterocycles. The van der Waals surface area contributed by atoms with Crippen molar-refractivity contribution in [3.05, 3.63) is 0 Å². The van der Waals surface area contributed by atoms with Gasteiger partial charge in [0, 0.05) is 6.54 Å². The first-order valence-electron chi connectivity index (χ1n) is 7.03. The van der Waals surface area contributed by atoms with Crippen molar-refractivity contribution in [2.75, 3.05) is 26.7 Å². The number of carbonyl (C=O) groups is 1. The topological polar surface area (TPSA) is 91.0 Å². The lowest BCUT2D eigenvalue weighted by Crippen LogP contribution is -2.41. The standard InChI is InChI=1S/C13H24N4O2/c1-17-8-3-10(4-9-17)2-7-15-12(18)13(5-6-13)11(14)16-19/h10,19H,2-9H2,1H3,(H2,14,16)(H,15,18). The van der Waals surface area contributed by atoms with Gasteiger partial charge >= 0.3 is 0 Å². The first-order chi connectivity index (χ1) is 9.08. The van der Waals surface area contributed by atoms with Gasteiger partial charge in [0.1, 0.15) is 5.41 Å². The Bertz CT molecular complexity index is 358. The summed E-state index contributed by atoms with van der Waals surface area (Å²) in [6, 6.07) is 0. The van der Waals surface area contributed by atoms with Crippen molar-refractivity contribution in [3.63, 3.8) is 0 Å². The fraction of sp³-hybridized carbons (Fsp3) is 0.846. The molecule has 1 amide bonds. The van der Waals surface area contributed by atoms with E-state index in [0.717, 1.165) is 19.5 Å². The van der Waals surface area contributed by atoms with Gasteiger partial charge in [-0.1, -0.05) is 5.16 Å². The van der Waals surface area contributed by atoms with Gasteiger partial charge in [0.25, 0.3) is 0 Å². The third-order valence-electron chi connectivity index (χ3n) is 4.46. The highest BCUT2D eigenvalue weighted by Gasteiger charge is 2.54. The number of nitrogens with one attached hydrogen (secondary N) is 1. The smallest absolute Gasteiger partial charge is 0.233 e. The van der Waals surface area contributed by atoms with Crippen molar-refractivity contribution in [2.45, 2.75) is 32.1 Å². The molecule has 0 aromatic rings. The zero-order valence-electron chi connectivity index (χ0n) is 11.6.